The van der Waals surface area contributed by atoms with Crippen LogP contribution in [0.25, 0.3) is 0 Å². The van der Waals surface area contributed by atoms with E-state index in [9.17, 15) is 0 Å². The summed E-state index contributed by atoms with van der Waals surface area (Å²) in [6.45, 7) is 11.2. The Morgan fingerprint density at radius 3 is 1.53 bits per heavy atom. The normalized spacial score (nSPS) is 18.8. The zero-order valence-electron chi connectivity index (χ0n) is 25.4. The van der Waals surface area contributed by atoms with Crippen molar-refractivity contribution in [2.75, 3.05) is 17.2 Å². The maximum atomic E-state index is 6.64. The molecule has 6 N–H and O–H groups in total. The Kier molecular flexibility index (Phi) is 12.4. The van der Waals surface area contributed by atoms with E-state index in [0.29, 0.717) is 17.1 Å². The molecule has 0 radical (unpaired) electrons. The number of nitrogens with zero attached hydrogens (tertiary/aromatic N) is 3. The van der Waals surface area contributed by atoms with Crippen molar-refractivity contribution in [3.05, 3.63) is 69.7 Å². The highest BCUT2D eigenvalue weighted by molar-refractivity contribution is 7.78. The Bertz CT molecular complexity index is 1540. The van der Waals surface area contributed by atoms with Gasteiger partial charge in [-0.05, 0) is 101 Å². The van der Waals surface area contributed by atoms with Crippen LogP contribution in [-0.2, 0) is 13.9 Å². The number of nitrogens with two attached hydrogens (primary N) is 3. The number of hydrogen-bond acceptors (Lipinski definition) is 12. The first-order valence-corrected chi connectivity index (χ1v) is 18.7. The van der Waals surface area contributed by atoms with Crippen molar-refractivity contribution in [2.45, 2.75) is 59.9 Å². The summed E-state index contributed by atoms with van der Waals surface area (Å²) in [4.78, 5) is 12.9. The number of halogens is 3. The first kappa shape index (κ1) is 36.1. The molecule has 246 valence electrons. The van der Waals surface area contributed by atoms with Gasteiger partial charge in [-0.3, -0.25) is 4.84 Å². The lowest BCUT2D eigenvalue weighted by Gasteiger charge is -2.46. The van der Waals surface area contributed by atoms with Crippen LogP contribution >= 0.6 is 59.4 Å². The summed E-state index contributed by atoms with van der Waals surface area (Å²) in [6.07, 6.45) is -1.08. The van der Waals surface area contributed by atoms with Crippen LogP contribution in [0.1, 0.15) is 41.5 Å². The van der Waals surface area contributed by atoms with E-state index in [1.54, 1.807) is 54.6 Å². The summed E-state index contributed by atoms with van der Waals surface area (Å²) in [5.74, 6) is 0.800. The van der Waals surface area contributed by atoms with Crippen LogP contribution in [0.4, 0.5) is 17.1 Å². The van der Waals surface area contributed by atoms with E-state index in [2.05, 4.69) is 0 Å². The molecule has 2 unspecified atom stereocenters. The van der Waals surface area contributed by atoms with Gasteiger partial charge in [-0.25, -0.2) is 0 Å². The molecule has 3 aromatic carbocycles. The molecule has 2 atom stereocenters. The summed E-state index contributed by atoms with van der Waals surface area (Å²) in [5.41, 5.74) is 19.2. The average Bonchev–Trinajstić information content (AvgIpc) is 2.91. The summed E-state index contributed by atoms with van der Waals surface area (Å²) >= 11 is 19.8. The van der Waals surface area contributed by atoms with Gasteiger partial charge in [0.05, 0.1) is 33.4 Å². The van der Waals surface area contributed by atoms with Gasteiger partial charge in [-0.15, -0.1) is 0 Å². The second-order valence-corrected chi connectivity index (χ2v) is 17.2. The van der Waals surface area contributed by atoms with E-state index in [1.165, 1.54) is 9.21 Å². The van der Waals surface area contributed by atoms with Gasteiger partial charge >= 0.3 is 24.6 Å². The second kappa shape index (κ2) is 15.4. The lowest BCUT2D eigenvalue weighted by Crippen LogP contribution is -2.36. The largest absolute Gasteiger partial charge is 0.439 e. The van der Waals surface area contributed by atoms with Gasteiger partial charge in [0.2, 0.25) is 0 Å². The Balaban J connectivity index is 2.00. The first-order chi connectivity index (χ1) is 21.2. The van der Waals surface area contributed by atoms with E-state index in [1.807, 2.05) is 41.5 Å². The molecule has 0 aliphatic carbocycles. The van der Waals surface area contributed by atoms with Gasteiger partial charge in [0, 0.05) is 21.7 Å². The van der Waals surface area contributed by atoms with Crippen LogP contribution in [0, 0.1) is 0 Å². The maximum Gasteiger partial charge on any atom is 0.347 e. The Labute approximate surface area is 280 Å². The van der Waals surface area contributed by atoms with Crippen LogP contribution in [0.2, 0.25) is 15.1 Å². The molecule has 1 heterocycles. The summed E-state index contributed by atoms with van der Waals surface area (Å²) in [5, 5.41) is 0.736. The molecule has 0 amide bonds. The topological polar surface area (TPSA) is 152 Å². The van der Waals surface area contributed by atoms with Crippen molar-refractivity contribution in [3.8, 4) is 17.2 Å². The Morgan fingerprint density at radius 2 is 1.11 bits per heavy atom. The molecule has 18 heteroatoms. The molecule has 0 saturated carbocycles. The molecule has 0 bridgehead atoms. The highest BCUT2D eigenvalue weighted by atomic mass is 35.5. The van der Waals surface area contributed by atoms with Gasteiger partial charge in [0.15, 0.2) is 5.75 Å². The fourth-order valence-electron chi connectivity index (χ4n) is 3.61. The van der Waals surface area contributed by atoms with Crippen molar-refractivity contribution in [1.29, 1.82) is 0 Å². The highest BCUT2D eigenvalue weighted by Gasteiger charge is 2.56. The van der Waals surface area contributed by atoms with Crippen LogP contribution < -0.4 is 31.1 Å². The summed E-state index contributed by atoms with van der Waals surface area (Å²) in [7, 11) is -7.96. The predicted octanol–water partition coefficient (Wildman–Crippen LogP) is 10.1. The Hall–Kier alpha value is -1.78. The third-order valence-corrected chi connectivity index (χ3v) is 13.5. The molecule has 0 aromatic heterocycles. The number of benzene rings is 3. The molecule has 0 spiro atoms. The van der Waals surface area contributed by atoms with Gasteiger partial charge in [-0.1, -0.05) is 34.8 Å². The SMILES string of the molecule is CC(C)ON1P(Oc2ccc(N)cc2Cl)N(Oc2ccc(N)cc2Cl)P(Oc2ccc(N)cc2Cl)N=P1(OC(C)C)OC(C)C. The molecule has 1 aliphatic rings. The van der Waals surface area contributed by atoms with Crippen LogP contribution in [0.15, 0.2) is 59.1 Å². The lowest BCUT2D eigenvalue weighted by atomic mass is 10.3. The average molecular weight is 740 g/mol. The van der Waals surface area contributed by atoms with Crippen LogP contribution in [-0.4, -0.2) is 27.5 Å². The molecule has 0 saturated heterocycles. The fourth-order valence-corrected chi connectivity index (χ4v) is 12.6. The fraction of sp³-hybridized carbons (Fsp3) is 0.333. The van der Waals surface area contributed by atoms with Gasteiger partial charge in [-0.2, -0.15) is 4.52 Å². The van der Waals surface area contributed by atoms with Crippen molar-refractivity contribution in [3.63, 3.8) is 0 Å². The summed E-state index contributed by atoms with van der Waals surface area (Å²) in [6, 6.07) is 14.5. The molecule has 0 fully saturated rings. The predicted molar refractivity (Wildman–Crippen MR) is 185 cm³/mol. The molecule has 4 rings (SSSR count). The standard InChI is InChI=1S/C27H36Cl3N6O6P3/c1-16(2)37-36-44(40-27-12-9-21(33)15-24(27)30)35(38-25-10-7-19(31)13-22(25)28)43(39-26-11-8-20(32)14-23(26)29)34-45(36,41-17(3)4)42-18(5)6/h7-18H,31-33H2,1-6H3. The first-order valence-electron chi connectivity index (χ1n) is 13.7. The van der Waals surface area contributed by atoms with Crippen molar-refractivity contribution in [1.82, 2.24) is 9.21 Å². The zero-order chi connectivity index (χ0) is 33.1. The molecule has 45 heavy (non-hydrogen) atoms. The van der Waals surface area contributed by atoms with Gasteiger partial charge in [0.25, 0.3) is 0 Å². The smallest absolute Gasteiger partial charge is 0.347 e. The third-order valence-electron chi connectivity index (χ3n) is 5.25. The van der Waals surface area contributed by atoms with E-state index >= 15 is 0 Å². The molecule has 1 aliphatic heterocycles. The number of hydrogen-bond donors (Lipinski definition) is 3. The van der Waals surface area contributed by atoms with Crippen molar-refractivity contribution >= 4 is 76.4 Å². The monoisotopic (exact) mass is 738 g/mol. The van der Waals surface area contributed by atoms with E-state index < -0.39 is 24.6 Å². The van der Waals surface area contributed by atoms with Crippen LogP contribution in [0.5, 0.6) is 17.2 Å². The molecular weight excluding hydrogens is 704 g/mol. The van der Waals surface area contributed by atoms with Crippen molar-refractivity contribution < 1.29 is 27.8 Å². The second-order valence-electron chi connectivity index (χ2n) is 10.4. The lowest BCUT2D eigenvalue weighted by molar-refractivity contribution is -0.0907. The van der Waals surface area contributed by atoms with E-state index in [4.69, 9.17) is 84.3 Å². The quantitative estimate of drug-likeness (QED) is 0.120. The maximum absolute atomic E-state index is 6.64. The van der Waals surface area contributed by atoms with Gasteiger partial charge < -0.3 is 40.1 Å². The molecular formula is C27H36Cl3N6O6P3. The van der Waals surface area contributed by atoms with E-state index in [0.717, 1.165) is 0 Å². The zero-order valence-corrected chi connectivity index (χ0v) is 30.4. The minimum atomic E-state index is -3.53. The number of nitrogen functional groups attached to an aromatic ring is 3. The van der Waals surface area contributed by atoms with Gasteiger partial charge in [0.1, 0.15) is 11.5 Å². The van der Waals surface area contributed by atoms with Crippen molar-refractivity contribution in [2.24, 2.45) is 4.52 Å². The highest BCUT2D eigenvalue weighted by Crippen LogP contribution is 2.79. The number of anilines is 3. The minimum absolute atomic E-state index is 0.232. The minimum Gasteiger partial charge on any atom is -0.439 e. The number of rotatable bonds is 12. The summed E-state index contributed by atoms with van der Waals surface area (Å²) < 4.78 is 34.2. The van der Waals surface area contributed by atoms with E-state index in [-0.39, 0.29) is 50.6 Å². The molecule has 3 aromatic rings. The Morgan fingerprint density at radius 1 is 0.667 bits per heavy atom. The van der Waals surface area contributed by atoms with Crippen LogP contribution in [0.3, 0.4) is 0 Å². The molecule has 12 nitrogen and oxygen atoms in total. The third kappa shape index (κ3) is 9.19.